The molecule has 2 N–H and O–H groups in total. The van der Waals surface area contributed by atoms with Crippen molar-refractivity contribution in [2.75, 3.05) is 0 Å². The summed E-state index contributed by atoms with van der Waals surface area (Å²) < 4.78 is 0. The van der Waals surface area contributed by atoms with Gasteiger partial charge in [-0.25, -0.2) is 4.99 Å². The number of nitrogens with zero attached hydrogens (tertiary/aromatic N) is 2. The van der Waals surface area contributed by atoms with Gasteiger partial charge in [0.25, 0.3) is 0 Å². The Balaban J connectivity index is 1.78. The summed E-state index contributed by atoms with van der Waals surface area (Å²) in [5.74, 6) is 0.672. The Kier molecular flexibility index (Phi) is 3.11. The van der Waals surface area contributed by atoms with Gasteiger partial charge in [0.1, 0.15) is 5.84 Å². The second kappa shape index (κ2) is 5.26. The summed E-state index contributed by atoms with van der Waals surface area (Å²) in [6.45, 7) is 0. The lowest BCUT2D eigenvalue weighted by Crippen LogP contribution is -2.10. The van der Waals surface area contributed by atoms with Crippen LogP contribution in [0.4, 0.5) is 5.69 Å². The first-order valence-corrected chi connectivity index (χ1v) is 7.55. The minimum atomic E-state index is 0.672. The topological polar surface area (TPSA) is 51.3 Å². The molecule has 3 nitrogen and oxygen atoms in total. The third kappa shape index (κ3) is 2.70. The molecule has 2 heterocycles. The first-order valence-electron chi connectivity index (χ1n) is 7.55. The molecular weight excluding hydrogens is 270 g/mol. The van der Waals surface area contributed by atoms with E-state index >= 15 is 0 Å². The van der Waals surface area contributed by atoms with E-state index in [1.54, 1.807) is 6.20 Å². The highest BCUT2D eigenvalue weighted by atomic mass is 14.9. The average molecular weight is 287 g/mol. The van der Waals surface area contributed by atoms with Crippen LogP contribution in [0.2, 0.25) is 0 Å². The molecule has 1 saturated carbocycles. The quantitative estimate of drug-likeness (QED) is 0.898. The standard InChI is InChI=1S/C19H17N3/c20-19-10-14(8-13-3-4-13)9-16-6-5-15(11-18(16)22-19)17-2-1-7-21-12-17/h1-2,5-9,11-12H,3-4,10H2,(H2,20,22). The number of hydrogen-bond donors (Lipinski definition) is 1. The van der Waals surface area contributed by atoms with Crippen molar-refractivity contribution in [3.05, 3.63) is 65.5 Å². The van der Waals surface area contributed by atoms with Crippen molar-refractivity contribution in [1.29, 1.82) is 0 Å². The highest BCUT2D eigenvalue weighted by Crippen LogP contribution is 2.34. The lowest BCUT2D eigenvalue weighted by Gasteiger charge is -2.05. The molecule has 0 bridgehead atoms. The summed E-state index contributed by atoms with van der Waals surface area (Å²) in [4.78, 5) is 8.77. The monoisotopic (exact) mass is 287 g/mol. The van der Waals surface area contributed by atoms with Crippen molar-refractivity contribution in [3.8, 4) is 11.1 Å². The van der Waals surface area contributed by atoms with Crippen LogP contribution < -0.4 is 5.73 Å². The molecule has 3 heteroatoms. The van der Waals surface area contributed by atoms with Gasteiger partial charge in [-0.2, -0.15) is 0 Å². The average Bonchev–Trinajstić information content (AvgIpc) is 3.34. The van der Waals surface area contributed by atoms with Crippen LogP contribution in [0.1, 0.15) is 24.8 Å². The first-order chi connectivity index (χ1) is 10.8. The predicted molar refractivity (Wildman–Crippen MR) is 90.9 cm³/mol. The van der Waals surface area contributed by atoms with Gasteiger partial charge in [0, 0.05) is 29.9 Å². The van der Waals surface area contributed by atoms with Gasteiger partial charge >= 0.3 is 0 Å². The molecule has 1 aromatic carbocycles. The van der Waals surface area contributed by atoms with Crippen molar-refractivity contribution in [1.82, 2.24) is 4.98 Å². The number of aromatic nitrogens is 1. The van der Waals surface area contributed by atoms with Crippen LogP contribution >= 0.6 is 0 Å². The summed E-state index contributed by atoms with van der Waals surface area (Å²) in [6.07, 6.45) is 11.3. The molecule has 4 rings (SSSR count). The summed E-state index contributed by atoms with van der Waals surface area (Å²) in [6, 6.07) is 10.3. The zero-order valence-electron chi connectivity index (χ0n) is 12.3. The van der Waals surface area contributed by atoms with E-state index in [9.17, 15) is 0 Å². The van der Waals surface area contributed by atoms with Gasteiger partial charge in [0.2, 0.25) is 0 Å². The van der Waals surface area contributed by atoms with E-state index in [0.717, 1.165) is 28.8 Å². The highest BCUT2D eigenvalue weighted by Gasteiger charge is 2.14. The summed E-state index contributed by atoms with van der Waals surface area (Å²) in [5.41, 5.74) is 13.1. The molecule has 2 aliphatic rings. The number of aliphatic imine (C=N–C) groups is 1. The van der Waals surface area contributed by atoms with E-state index in [-0.39, 0.29) is 0 Å². The molecule has 22 heavy (non-hydrogen) atoms. The van der Waals surface area contributed by atoms with Gasteiger partial charge in [0.05, 0.1) is 5.69 Å². The van der Waals surface area contributed by atoms with Gasteiger partial charge < -0.3 is 5.73 Å². The molecule has 0 spiro atoms. The van der Waals surface area contributed by atoms with E-state index in [0.29, 0.717) is 5.84 Å². The maximum atomic E-state index is 6.09. The van der Waals surface area contributed by atoms with Crippen LogP contribution in [-0.4, -0.2) is 10.8 Å². The number of pyridine rings is 1. The number of hydrogen-bond acceptors (Lipinski definition) is 3. The van der Waals surface area contributed by atoms with Crippen molar-refractivity contribution in [3.63, 3.8) is 0 Å². The number of allylic oxidation sites excluding steroid dienone is 2. The van der Waals surface area contributed by atoms with E-state index < -0.39 is 0 Å². The number of benzene rings is 1. The van der Waals surface area contributed by atoms with Crippen LogP contribution in [-0.2, 0) is 0 Å². The number of amidine groups is 1. The molecule has 0 unspecified atom stereocenters. The lowest BCUT2D eigenvalue weighted by atomic mass is 10.0. The molecule has 0 amide bonds. The van der Waals surface area contributed by atoms with E-state index in [1.165, 1.54) is 24.0 Å². The fourth-order valence-corrected chi connectivity index (χ4v) is 2.70. The van der Waals surface area contributed by atoms with Crippen molar-refractivity contribution >= 4 is 17.6 Å². The molecule has 0 radical (unpaired) electrons. The Morgan fingerprint density at radius 2 is 2.00 bits per heavy atom. The van der Waals surface area contributed by atoms with Crippen LogP contribution in [0.5, 0.6) is 0 Å². The molecule has 2 aromatic rings. The Bertz CT molecular complexity index is 808. The molecule has 1 aliphatic carbocycles. The Hall–Kier alpha value is -2.68. The smallest absolute Gasteiger partial charge is 0.104 e. The van der Waals surface area contributed by atoms with E-state index in [1.807, 2.05) is 12.3 Å². The molecular formula is C19H17N3. The Morgan fingerprint density at radius 1 is 1.09 bits per heavy atom. The summed E-state index contributed by atoms with van der Waals surface area (Å²) in [7, 11) is 0. The molecule has 0 atom stereocenters. The van der Waals surface area contributed by atoms with Crippen LogP contribution in [0, 0.1) is 0 Å². The second-order valence-corrected chi connectivity index (χ2v) is 5.82. The predicted octanol–water partition coefficient (Wildman–Crippen LogP) is 4.24. The van der Waals surface area contributed by atoms with Gasteiger partial charge in [-0.15, -0.1) is 0 Å². The Labute approximate surface area is 129 Å². The van der Waals surface area contributed by atoms with Gasteiger partial charge in [-0.3, -0.25) is 4.98 Å². The van der Waals surface area contributed by atoms with Crippen molar-refractivity contribution in [2.24, 2.45) is 10.7 Å². The summed E-state index contributed by atoms with van der Waals surface area (Å²) in [5, 5.41) is 0. The van der Waals surface area contributed by atoms with E-state index in [2.05, 4.69) is 46.4 Å². The molecule has 0 saturated heterocycles. The minimum absolute atomic E-state index is 0.672. The maximum absolute atomic E-state index is 6.09. The second-order valence-electron chi connectivity index (χ2n) is 5.82. The molecule has 108 valence electrons. The fraction of sp³-hybridized carbons (Fsp3) is 0.158. The zero-order valence-corrected chi connectivity index (χ0v) is 12.3. The largest absolute Gasteiger partial charge is 0.387 e. The zero-order chi connectivity index (χ0) is 14.9. The van der Waals surface area contributed by atoms with Crippen molar-refractivity contribution in [2.45, 2.75) is 19.3 Å². The SMILES string of the molecule is NC1=Nc2cc(-c3cccnc3)ccc2C=C(C=C2CC2)C1. The van der Waals surface area contributed by atoms with Crippen LogP contribution in [0.3, 0.4) is 0 Å². The first kappa shape index (κ1) is 13.0. The number of rotatable bonds is 2. The van der Waals surface area contributed by atoms with Gasteiger partial charge in [-0.1, -0.05) is 29.8 Å². The molecule has 1 aliphatic heterocycles. The third-order valence-corrected chi connectivity index (χ3v) is 3.94. The van der Waals surface area contributed by atoms with Crippen molar-refractivity contribution < 1.29 is 0 Å². The third-order valence-electron chi connectivity index (χ3n) is 3.94. The van der Waals surface area contributed by atoms with Crippen LogP contribution in [0.15, 0.2) is 64.9 Å². The van der Waals surface area contributed by atoms with Gasteiger partial charge in [0.15, 0.2) is 0 Å². The van der Waals surface area contributed by atoms with Gasteiger partial charge in [-0.05, 0) is 42.2 Å². The van der Waals surface area contributed by atoms with E-state index in [4.69, 9.17) is 5.73 Å². The maximum Gasteiger partial charge on any atom is 0.104 e. The molecule has 1 fully saturated rings. The summed E-state index contributed by atoms with van der Waals surface area (Å²) >= 11 is 0. The molecule has 1 aromatic heterocycles. The lowest BCUT2D eigenvalue weighted by molar-refractivity contribution is 1.31. The minimum Gasteiger partial charge on any atom is -0.387 e. The normalized spacial score (nSPS) is 16.3. The number of fused-ring (bicyclic) bond motifs is 1. The van der Waals surface area contributed by atoms with Crippen LogP contribution in [0.25, 0.3) is 17.2 Å². The Morgan fingerprint density at radius 3 is 2.77 bits per heavy atom. The highest BCUT2D eigenvalue weighted by molar-refractivity contribution is 5.91. The fourth-order valence-electron chi connectivity index (χ4n) is 2.70. The number of nitrogens with two attached hydrogens (primary N) is 1.